The van der Waals surface area contributed by atoms with E-state index in [1.54, 1.807) is 0 Å². The number of hydrogen-bond donors (Lipinski definition) is 2. The Kier molecular flexibility index (Phi) is 4.58. The average molecular weight is 267 g/mol. The average Bonchev–Trinajstić information content (AvgIpc) is 2.78. The molecular formula is C13H21N3OS. The molecule has 0 aromatic carbocycles. The van der Waals surface area contributed by atoms with Crippen molar-refractivity contribution >= 4 is 22.5 Å². The van der Waals surface area contributed by atoms with Crippen LogP contribution in [-0.4, -0.2) is 17.1 Å². The first-order valence-corrected chi connectivity index (χ1v) is 7.56. The number of aromatic nitrogens is 1. The monoisotopic (exact) mass is 267 g/mol. The van der Waals surface area contributed by atoms with Gasteiger partial charge < -0.3 is 5.32 Å². The zero-order valence-electron chi connectivity index (χ0n) is 11.0. The maximum atomic E-state index is 11.8. The zero-order chi connectivity index (χ0) is 13.0. The van der Waals surface area contributed by atoms with Crippen LogP contribution in [0, 0.1) is 0 Å². The fraction of sp³-hybridized carbons (Fsp3) is 0.692. The lowest BCUT2D eigenvalue weighted by Crippen LogP contribution is -2.38. The van der Waals surface area contributed by atoms with Crippen molar-refractivity contribution in [2.45, 2.75) is 57.9 Å². The highest BCUT2D eigenvalue weighted by Gasteiger charge is 2.16. The molecule has 1 aromatic rings. The molecule has 4 nitrogen and oxygen atoms in total. The molecule has 0 spiro atoms. The molecule has 1 fully saturated rings. The number of anilines is 1. The van der Waals surface area contributed by atoms with Crippen LogP contribution >= 0.6 is 11.3 Å². The van der Waals surface area contributed by atoms with Crippen molar-refractivity contribution in [3.05, 3.63) is 11.1 Å². The maximum absolute atomic E-state index is 11.8. The summed E-state index contributed by atoms with van der Waals surface area (Å²) < 4.78 is 0. The van der Waals surface area contributed by atoms with Crippen LogP contribution in [0.3, 0.4) is 0 Å². The molecule has 2 N–H and O–H groups in total. The van der Waals surface area contributed by atoms with Gasteiger partial charge in [-0.25, -0.2) is 9.78 Å². The van der Waals surface area contributed by atoms with Gasteiger partial charge in [-0.1, -0.05) is 33.1 Å². The number of carbonyl (C=O) groups is 1. The summed E-state index contributed by atoms with van der Waals surface area (Å²) in [7, 11) is 0. The molecule has 1 saturated carbocycles. The lowest BCUT2D eigenvalue weighted by molar-refractivity contribution is 0.244. The quantitative estimate of drug-likeness (QED) is 0.877. The highest BCUT2D eigenvalue weighted by Crippen LogP contribution is 2.22. The summed E-state index contributed by atoms with van der Waals surface area (Å²) in [6.45, 7) is 4.20. The van der Waals surface area contributed by atoms with Crippen LogP contribution in [0.4, 0.5) is 9.93 Å². The van der Waals surface area contributed by atoms with Crippen LogP contribution in [0.5, 0.6) is 0 Å². The van der Waals surface area contributed by atoms with E-state index < -0.39 is 0 Å². The van der Waals surface area contributed by atoms with Crippen molar-refractivity contribution in [1.29, 1.82) is 0 Å². The van der Waals surface area contributed by atoms with E-state index in [4.69, 9.17) is 0 Å². The first-order valence-electron chi connectivity index (χ1n) is 6.68. The number of amides is 2. The summed E-state index contributed by atoms with van der Waals surface area (Å²) in [6.07, 6.45) is 5.94. The molecule has 1 aliphatic rings. The second-order valence-corrected chi connectivity index (χ2v) is 6.02. The number of thiazole rings is 1. The first-order chi connectivity index (χ1) is 8.65. The molecule has 1 aliphatic carbocycles. The van der Waals surface area contributed by atoms with E-state index in [9.17, 15) is 4.79 Å². The second kappa shape index (κ2) is 6.18. The number of urea groups is 1. The fourth-order valence-corrected chi connectivity index (χ4v) is 3.04. The van der Waals surface area contributed by atoms with Gasteiger partial charge in [0.2, 0.25) is 0 Å². The molecule has 100 valence electrons. The van der Waals surface area contributed by atoms with E-state index in [0.717, 1.165) is 18.5 Å². The smallest absolute Gasteiger partial charge is 0.321 e. The van der Waals surface area contributed by atoms with Gasteiger partial charge in [0.1, 0.15) is 0 Å². The molecule has 0 bridgehead atoms. The van der Waals surface area contributed by atoms with Gasteiger partial charge in [0.25, 0.3) is 0 Å². The lowest BCUT2D eigenvalue weighted by Gasteiger charge is -2.22. The minimum atomic E-state index is -0.119. The Morgan fingerprint density at radius 3 is 2.72 bits per heavy atom. The van der Waals surface area contributed by atoms with Gasteiger partial charge in [0.05, 0.1) is 5.69 Å². The summed E-state index contributed by atoms with van der Waals surface area (Å²) in [6, 6.07) is 0.217. The van der Waals surface area contributed by atoms with E-state index in [0.29, 0.717) is 17.1 Å². The van der Waals surface area contributed by atoms with Gasteiger partial charge in [-0.2, -0.15) is 0 Å². The summed E-state index contributed by atoms with van der Waals surface area (Å²) in [5.41, 5.74) is 1.04. The molecule has 1 aromatic heterocycles. The van der Waals surface area contributed by atoms with Crippen molar-refractivity contribution in [2.75, 3.05) is 5.32 Å². The summed E-state index contributed by atoms with van der Waals surface area (Å²) in [4.78, 5) is 16.2. The third kappa shape index (κ3) is 3.70. The van der Waals surface area contributed by atoms with Gasteiger partial charge in [-0.3, -0.25) is 5.32 Å². The molecule has 0 saturated heterocycles. The molecule has 0 unspecified atom stereocenters. The van der Waals surface area contributed by atoms with Crippen molar-refractivity contribution < 1.29 is 4.79 Å². The van der Waals surface area contributed by atoms with Gasteiger partial charge in [0.15, 0.2) is 5.13 Å². The number of nitrogens with one attached hydrogen (secondary N) is 2. The van der Waals surface area contributed by atoms with Crippen LogP contribution in [-0.2, 0) is 0 Å². The van der Waals surface area contributed by atoms with E-state index >= 15 is 0 Å². The molecule has 0 atom stereocenters. The van der Waals surface area contributed by atoms with Gasteiger partial charge >= 0.3 is 6.03 Å². The molecular weight excluding hydrogens is 246 g/mol. The third-order valence-corrected chi connectivity index (χ3v) is 4.05. The highest BCUT2D eigenvalue weighted by atomic mass is 32.1. The van der Waals surface area contributed by atoms with Gasteiger partial charge in [-0.15, -0.1) is 11.3 Å². The summed E-state index contributed by atoms with van der Waals surface area (Å²) in [5, 5.41) is 8.53. The van der Waals surface area contributed by atoms with Crippen LogP contribution < -0.4 is 10.6 Å². The molecule has 5 heteroatoms. The van der Waals surface area contributed by atoms with Gasteiger partial charge in [0, 0.05) is 11.4 Å². The maximum Gasteiger partial charge on any atom is 0.321 e. The standard InChI is InChI=1S/C13H21N3OS/c1-9(2)11-8-18-13(15-11)16-12(17)14-10-6-4-3-5-7-10/h8-10H,3-7H2,1-2H3,(H2,14,15,16,17). The largest absolute Gasteiger partial charge is 0.335 e. The van der Waals surface area contributed by atoms with Gasteiger partial charge in [-0.05, 0) is 18.8 Å². The molecule has 2 rings (SSSR count). The van der Waals surface area contributed by atoms with E-state index in [1.807, 2.05) is 5.38 Å². The van der Waals surface area contributed by atoms with E-state index in [-0.39, 0.29) is 6.03 Å². The Hall–Kier alpha value is -1.10. The van der Waals surface area contributed by atoms with Crippen LogP contribution in [0.15, 0.2) is 5.38 Å². The first kappa shape index (κ1) is 13.3. The number of nitrogens with zero attached hydrogens (tertiary/aromatic N) is 1. The van der Waals surface area contributed by atoms with Crippen molar-refractivity contribution in [3.8, 4) is 0 Å². The highest BCUT2D eigenvalue weighted by molar-refractivity contribution is 7.13. The Balaban J connectivity index is 1.82. The van der Waals surface area contributed by atoms with Crippen LogP contribution in [0.2, 0.25) is 0 Å². The minimum Gasteiger partial charge on any atom is -0.335 e. The molecule has 18 heavy (non-hydrogen) atoms. The Bertz CT molecular complexity index is 397. The van der Waals surface area contributed by atoms with Crippen molar-refractivity contribution in [1.82, 2.24) is 10.3 Å². The molecule has 0 aliphatic heterocycles. The normalized spacial score (nSPS) is 16.8. The number of hydrogen-bond acceptors (Lipinski definition) is 3. The van der Waals surface area contributed by atoms with Crippen molar-refractivity contribution in [3.63, 3.8) is 0 Å². The Labute approximate surface area is 112 Å². The Morgan fingerprint density at radius 2 is 2.11 bits per heavy atom. The van der Waals surface area contributed by atoms with Crippen LogP contribution in [0.25, 0.3) is 0 Å². The predicted octanol–water partition coefficient (Wildman–Crippen LogP) is 3.72. The van der Waals surface area contributed by atoms with Crippen LogP contribution in [0.1, 0.15) is 57.6 Å². The van der Waals surface area contributed by atoms with E-state index in [1.165, 1.54) is 30.6 Å². The third-order valence-electron chi connectivity index (χ3n) is 3.27. The number of carbonyl (C=O) groups excluding carboxylic acids is 1. The fourth-order valence-electron chi connectivity index (χ4n) is 2.17. The van der Waals surface area contributed by atoms with E-state index in [2.05, 4.69) is 29.5 Å². The zero-order valence-corrected chi connectivity index (χ0v) is 11.8. The topological polar surface area (TPSA) is 54.0 Å². The summed E-state index contributed by atoms with van der Waals surface area (Å²) in [5.74, 6) is 0.401. The predicted molar refractivity (Wildman–Crippen MR) is 75.2 cm³/mol. The lowest BCUT2D eigenvalue weighted by atomic mass is 9.96. The number of rotatable bonds is 3. The second-order valence-electron chi connectivity index (χ2n) is 5.17. The molecule has 1 heterocycles. The van der Waals surface area contributed by atoms with Crippen molar-refractivity contribution in [2.24, 2.45) is 0 Å². The minimum absolute atomic E-state index is 0.119. The molecule has 0 radical (unpaired) electrons. The molecule has 2 amide bonds. The summed E-state index contributed by atoms with van der Waals surface area (Å²) >= 11 is 1.49. The SMILES string of the molecule is CC(C)c1csc(NC(=O)NC2CCCCC2)n1. The Morgan fingerprint density at radius 1 is 1.39 bits per heavy atom.